The third-order valence-corrected chi connectivity index (χ3v) is 2.72. The van der Waals surface area contributed by atoms with Crippen LogP contribution in [0.1, 0.15) is 18.7 Å². The molecule has 1 unspecified atom stereocenters. The fourth-order valence-electron chi connectivity index (χ4n) is 1.87. The molecule has 1 aromatic heterocycles. The van der Waals surface area contributed by atoms with Crippen molar-refractivity contribution in [2.75, 3.05) is 5.32 Å². The van der Waals surface area contributed by atoms with Gasteiger partial charge < -0.3 is 15.0 Å². The molecule has 2 N–H and O–H groups in total. The van der Waals surface area contributed by atoms with Gasteiger partial charge in [0.2, 0.25) is 5.91 Å². The minimum absolute atomic E-state index is 0.0732. The number of aliphatic hydroxyl groups is 1. The quantitative estimate of drug-likeness (QED) is 0.888. The Hall–Kier alpha value is -2.14. The zero-order valence-corrected chi connectivity index (χ0v) is 10.5. The molecule has 0 radical (unpaired) electrons. The van der Waals surface area contributed by atoms with Gasteiger partial charge in [-0.1, -0.05) is 6.07 Å². The topological polar surface area (TPSA) is 54.3 Å². The van der Waals surface area contributed by atoms with Crippen LogP contribution in [0.3, 0.4) is 0 Å². The van der Waals surface area contributed by atoms with Gasteiger partial charge in [-0.2, -0.15) is 0 Å². The van der Waals surface area contributed by atoms with Crippen molar-refractivity contribution in [2.24, 2.45) is 0 Å². The summed E-state index contributed by atoms with van der Waals surface area (Å²) >= 11 is 0. The van der Waals surface area contributed by atoms with Crippen molar-refractivity contribution in [3.63, 3.8) is 0 Å². The Bertz CT molecular complexity index is 578. The highest BCUT2D eigenvalue weighted by atomic mass is 19.1. The van der Waals surface area contributed by atoms with Crippen LogP contribution in [-0.4, -0.2) is 15.6 Å². The summed E-state index contributed by atoms with van der Waals surface area (Å²) < 4.78 is 14.6. The number of hydrogen-bond acceptors (Lipinski definition) is 2. The first-order valence-corrected chi connectivity index (χ1v) is 5.95. The van der Waals surface area contributed by atoms with Crippen LogP contribution >= 0.6 is 0 Å². The van der Waals surface area contributed by atoms with Gasteiger partial charge >= 0.3 is 0 Å². The summed E-state index contributed by atoms with van der Waals surface area (Å²) in [6.07, 6.45) is 1.07. The molecule has 0 aliphatic rings. The lowest BCUT2D eigenvalue weighted by atomic mass is 10.3. The Kier molecular flexibility index (Phi) is 3.97. The van der Waals surface area contributed by atoms with Gasteiger partial charge in [-0.05, 0) is 37.3 Å². The summed E-state index contributed by atoms with van der Waals surface area (Å²) in [5, 5.41) is 12.1. The van der Waals surface area contributed by atoms with Gasteiger partial charge in [-0.25, -0.2) is 4.39 Å². The van der Waals surface area contributed by atoms with E-state index in [1.807, 2.05) is 0 Å². The molecule has 1 heterocycles. The van der Waals surface area contributed by atoms with Gasteiger partial charge in [0, 0.05) is 17.6 Å². The van der Waals surface area contributed by atoms with E-state index in [0.29, 0.717) is 11.4 Å². The highest BCUT2D eigenvalue weighted by Crippen LogP contribution is 2.13. The fraction of sp³-hybridized carbons (Fsp3) is 0.214. The average Bonchev–Trinajstić information content (AvgIpc) is 2.76. The molecule has 19 heavy (non-hydrogen) atoms. The number of nitrogens with zero attached hydrogens (tertiary/aromatic N) is 1. The minimum atomic E-state index is -0.642. The maximum absolute atomic E-state index is 13.0. The molecule has 0 saturated carbocycles. The molecule has 0 aliphatic heterocycles. The molecule has 0 spiro atoms. The van der Waals surface area contributed by atoms with E-state index in [9.17, 15) is 14.3 Å². The number of halogens is 1. The number of carbonyl (C=O) groups is 1. The molecular formula is C14H15FN2O2. The lowest BCUT2D eigenvalue weighted by Crippen LogP contribution is -2.20. The van der Waals surface area contributed by atoms with Gasteiger partial charge in [0.25, 0.3) is 0 Å². The molecule has 2 rings (SSSR count). The van der Waals surface area contributed by atoms with Gasteiger partial charge in [0.05, 0.1) is 6.10 Å². The maximum Gasteiger partial charge on any atom is 0.244 e. The number of anilines is 1. The van der Waals surface area contributed by atoms with Crippen LogP contribution in [-0.2, 0) is 11.3 Å². The van der Waals surface area contributed by atoms with E-state index in [4.69, 9.17) is 0 Å². The minimum Gasteiger partial charge on any atom is -0.387 e. The number of hydrogen-bond donors (Lipinski definition) is 2. The Morgan fingerprint density at radius 2 is 2.21 bits per heavy atom. The molecular weight excluding hydrogens is 247 g/mol. The summed E-state index contributed by atoms with van der Waals surface area (Å²) in [5.74, 6) is -0.674. The van der Waals surface area contributed by atoms with Crippen LogP contribution in [0.2, 0.25) is 0 Å². The second-order valence-corrected chi connectivity index (χ2v) is 4.30. The molecule has 4 nitrogen and oxygen atoms in total. The van der Waals surface area contributed by atoms with E-state index >= 15 is 0 Å². The zero-order chi connectivity index (χ0) is 13.8. The SMILES string of the molecule is CC(O)c1cccn1CC(=O)Nc1cccc(F)c1. The predicted molar refractivity (Wildman–Crippen MR) is 70.1 cm³/mol. The van der Waals surface area contributed by atoms with Crippen molar-refractivity contribution in [2.45, 2.75) is 19.6 Å². The molecule has 0 fully saturated rings. The number of carbonyl (C=O) groups excluding carboxylic acids is 1. The lowest BCUT2D eigenvalue weighted by Gasteiger charge is -2.11. The first-order chi connectivity index (χ1) is 9.06. The van der Waals surface area contributed by atoms with E-state index in [2.05, 4.69) is 5.32 Å². The fourth-order valence-corrected chi connectivity index (χ4v) is 1.87. The smallest absolute Gasteiger partial charge is 0.244 e. The highest BCUT2D eigenvalue weighted by molar-refractivity contribution is 5.90. The maximum atomic E-state index is 13.0. The molecule has 1 aromatic carbocycles. The largest absolute Gasteiger partial charge is 0.387 e. The lowest BCUT2D eigenvalue weighted by molar-refractivity contribution is -0.116. The molecule has 1 amide bonds. The summed E-state index contributed by atoms with van der Waals surface area (Å²) in [4.78, 5) is 11.8. The third-order valence-electron chi connectivity index (χ3n) is 2.72. The van der Waals surface area contributed by atoms with Crippen molar-refractivity contribution >= 4 is 11.6 Å². The molecule has 0 saturated heterocycles. The number of aliphatic hydroxyl groups excluding tert-OH is 1. The van der Waals surface area contributed by atoms with E-state index in [0.717, 1.165) is 0 Å². The molecule has 0 aliphatic carbocycles. The summed E-state index contributed by atoms with van der Waals surface area (Å²) in [5.41, 5.74) is 1.07. The summed E-state index contributed by atoms with van der Waals surface area (Å²) in [7, 11) is 0. The first kappa shape index (κ1) is 13.3. The Labute approximate surface area is 110 Å². The molecule has 5 heteroatoms. The normalized spacial score (nSPS) is 12.2. The van der Waals surface area contributed by atoms with E-state index < -0.39 is 11.9 Å². The predicted octanol–water partition coefficient (Wildman–Crippen LogP) is 2.32. The zero-order valence-electron chi connectivity index (χ0n) is 10.5. The monoisotopic (exact) mass is 262 g/mol. The third kappa shape index (κ3) is 3.42. The highest BCUT2D eigenvalue weighted by Gasteiger charge is 2.10. The van der Waals surface area contributed by atoms with Gasteiger partial charge in [0.15, 0.2) is 0 Å². The number of rotatable bonds is 4. The number of nitrogens with one attached hydrogen (secondary N) is 1. The van der Waals surface area contributed by atoms with Crippen molar-refractivity contribution in [1.82, 2.24) is 4.57 Å². The van der Waals surface area contributed by atoms with Crippen LogP contribution in [0, 0.1) is 5.82 Å². The number of aromatic nitrogens is 1. The standard InChI is InChI=1S/C14H15FN2O2/c1-10(18)13-6-3-7-17(13)9-14(19)16-12-5-2-4-11(15)8-12/h2-8,10,18H,9H2,1H3,(H,16,19). The van der Waals surface area contributed by atoms with Gasteiger partial charge in [0.1, 0.15) is 12.4 Å². The molecule has 100 valence electrons. The Morgan fingerprint density at radius 3 is 2.89 bits per heavy atom. The Balaban J connectivity index is 2.03. The number of amides is 1. The van der Waals surface area contributed by atoms with Gasteiger partial charge in [-0.3, -0.25) is 4.79 Å². The average molecular weight is 262 g/mol. The van der Waals surface area contributed by atoms with Crippen LogP contribution in [0.25, 0.3) is 0 Å². The molecule has 2 aromatic rings. The van der Waals surface area contributed by atoms with Crippen molar-refractivity contribution < 1.29 is 14.3 Å². The second-order valence-electron chi connectivity index (χ2n) is 4.30. The number of benzene rings is 1. The van der Waals surface area contributed by atoms with Crippen molar-refractivity contribution in [3.05, 3.63) is 54.1 Å². The van der Waals surface area contributed by atoms with Crippen LogP contribution in [0.4, 0.5) is 10.1 Å². The second kappa shape index (κ2) is 5.67. The molecule has 0 bridgehead atoms. The van der Waals surface area contributed by atoms with Crippen LogP contribution in [0.5, 0.6) is 0 Å². The van der Waals surface area contributed by atoms with Gasteiger partial charge in [-0.15, -0.1) is 0 Å². The van der Waals surface area contributed by atoms with Crippen molar-refractivity contribution in [1.29, 1.82) is 0 Å². The van der Waals surface area contributed by atoms with Crippen molar-refractivity contribution in [3.8, 4) is 0 Å². The molecule has 1 atom stereocenters. The van der Waals surface area contributed by atoms with E-state index in [1.165, 1.54) is 18.2 Å². The summed E-state index contributed by atoms with van der Waals surface area (Å²) in [6, 6.07) is 9.22. The van der Waals surface area contributed by atoms with E-state index in [-0.39, 0.29) is 12.5 Å². The summed E-state index contributed by atoms with van der Waals surface area (Å²) in [6.45, 7) is 1.71. The Morgan fingerprint density at radius 1 is 1.42 bits per heavy atom. The first-order valence-electron chi connectivity index (χ1n) is 5.95. The van der Waals surface area contributed by atoms with Crippen LogP contribution < -0.4 is 5.32 Å². The van der Waals surface area contributed by atoms with E-state index in [1.54, 1.807) is 35.9 Å². The van der Waals surface area contributed by atoms with Crippen LogP contribution in [0.15, 0.2) is 42.6 Å².